The van der Waals surface area contributed by atoms with Crippen molar-refractivity contribution in [2.45, 2.75) is 39.2 Å². The summed E-state index contributed by atoms with van der Waals surface area (Å²) in [5.41, 5.74) is 0.136. The zero-order valence-electron chi connectivity index (χ0n) is 15.5. The Balaban J connectivity index is 1.88. The van der Waals surface area contributed by atoms with Crippen molar-refractivity contribution < 1.29 is 32.2 Å². The van der Waals surface area contributed by atoms with Crippen LogP contribution in [0.2, 0.25) is 0 Å². The van der Waals surface area contributed by atoms with Gasteiger partial charge in [-0.05, 0) is 36.8 Å². The van der Waals surface area contributed by atoms with E-state index in [9.17, 15) is 22.8 Å². The summed E-state index contributed by atoms with van der Waals surface area (Å²) >= 11 is 0. The Morgan fingerprint density at radius 1 is 0.786 bits per heavy atom. The van der Waals surface area contributed by atoms with E-state index in [0.717, 1.165) is 25.7 Å². The van der Waals surface area contributed by atoms with Crippen LogP contribution < -0.4 is 0 Å². The van der Waals surface area contributed by atoms with Crippen LogP contribution in [-0.4, -0.2) is 18.5 Å². The molecule has 0 spiro atoms. The van der Waals surface area contributed by atoms with E-state index in [2.05, 4.69) is 6.92 Å². The van der Waals surface area contributed by atoms with E-state index in [1.807, 2.05) is 0 Å². The molecule has 7 heteroatoms. The molecule has 28 heavy (non-hydrogen) atoms. The van der Waals surface area contributed by atoms with Gasteiger partial charge in [0.2, 0.25) is 0 Å². The van der Waals surface area contributed by atoms with E-state index in [-0.39, 0.29) is 11.1 Å². The van der Waals surface area contributed by atoms with Gasteiger partial charge in [0.15, 0.2) is 11.6 Å². The molecule has 0 saturated heterocycles. The first-order valence-corrected chi connectivity index (χ1v) is 9.00. The minimum atomic E-state index is -1.32. The van der Waals surface area contributed by atoms with Crippen LogP contribution in [0.1, 0.15) is 58.9 Å². The fourth-order valence-electron chi connectivity index (χ4n) is 2.42. The Bertz CT molecular complexity index is 819. The maximum absolute atomic E-state index is 13.5. The predicted molar refractivity (Wildman–Crippen MR) is 96.3 cm³/mol. The van der Waals surface area contributed by atoms with E-state index < -0.39 is 36.0 Å². The molecule has 0 aromatic heterocycles. The topological polar surface area (TPSA) is 52.6 Å². The van der Waals surface area contributed by atoms with Crippen LogP contribution in [-0.2, 0) is 16.1 Å². The number of esters is 2. The summed E-state index contributed by atoms with van der Waals surface area (Å²) < 4.78 is 49.7. The minimum absolute atomic E-state index is 0.127. The number of rotatable bonds is 9. The van der Waals surface area contributed by atoms with Crippen LogP contribution in [0.25, 0.3) is 0 Å². The van der Waals surface area contributed by atoms with Gasteiger partial charge < -0.3 is 9.47 Å². The molecule has 0 heterocycles. The third kappa shape index (κ3) is 6.11. The molecule has 0 radical (unpaired) electrons. The van der Waals surface area contributed by atoms with Crippen LogP contribution in [0.15, 0.2) is 36.4 Å². The molecule has 2 rings (SSSR count). The molecule has 0 saturated carbocycles. The van der Waals surface area contributed by atoms with E-state index in [4.69, 9.17) is 9.47 Å². The quantitative estimate of drug-likeness (QED) is 0.333. The highest BCUT2D eigenvalue weighted by molar-refractivity contribution is 5.93. The standard InChI is InChI=1S/C21H21F3O4/c1-2-3-4-5-10-27-20(25)14-6-8-15(9-7-14)21(26)28-13-16-11-18(23)19(24)12-17(16)22/h6-9,11-12H,2-5,10,13H2,1H3. The second kappa shape index (κ2) is 10.5. The van der Waals surface area contributed by atoms with Gasteiger partial charge in [0.25, 0.3) is 0 Å². The van der Waals surface area contributed by atoms with Gasteiger partial charge in [-0.2, -0.15) is 0 Å². The molecular weight excluding hydrogens is 373 g/mol. The van der Waals surface area contributed by atoms with Crippen LogP contribution in [0.4, 0.5) is 13.2 Å². The van der Waals surface area contributed by atoms with Crippen molar-refractivity contribution in [2.75, 3.05) is 6.61 Å². The lowest BCUT2D eigenvalue weighted by atomic mass is 10.1. The number of carbonyl (C=O) groups is 2. The number of halogens is 3. The molecule has 2 aromatic rings. The molecule has 0 atom stereocenters. The maximum atomic E-state index is 13.5. The van der Waals surface area contributed by atoms with Gasteiger partial charge in [-0.3, -0.25) is 0 Å². The van der Waals surface area contributed by atoms with Crippen LogP contribution in [0, 0.1) is 17.5 Å². The number of unbranched alkanes of at least 4 members (excludes halogenated alkanes) is 3. The van der Waals surface area contributed by atoms with E-state index >= 15 is 0 Å². The predicted octanol–water partition coefficient (Wildman–Crippen LogP) is 5.20. The lowest BCUT2D eigenvalue weighted by Crippen LogP contribution is -2.09. The highest BCUT2D eigenvalue weighted by Crippen LogP contribution is 2.16. The Labute approximate surface area is 161 Å². The van der Waals surface area contributed by atoms with Gasteiger partial charge in [-0.15, -0.1) is 0 Å². The summed E-state index contributed by atoms with van der Waals surface area (Å²) in [6.07, 6.45) is 3.97. The molecule has 4 nitrogen and oxygen atoms in total. The van der Waals surface area contributed by atoms with Crippen molar-refractivity contribution in [2.24, 2.45) is 0 Å². The summed E-state index contributed by atoms with van der Waals surface area (Å²) in [5, 5.41) is 0. The van der Waals surface area contributed by atoms with Crippen molar-refractivity contribution in [3.05, 3.63) is 70.5 Å². The lowest BCUT2D eigenvalue weighted by Gasteiger charge is -2.08. The largest absolute Gasteiger partial charge is 0.462 e. The van der Waals surface area contributed by atoms with Gasteiger partial charge in [-0.25, -0.2) is 22.8 Å². The average Bonchev–Trinajstić information content (AvgIpc) is 2.69. The molecule has 0 aliphatic rings. The van der Waals surface area contributed by atoms with E-state index in [1.165, 1.54) is 24.3 Å². The SMILES string of the molecule is CCCCCCOC(=O)c1ccc(C(=O)OCc2cc(F)c(F)cc2F)cc1. The molecule has 0 fully saturated rings. The summed E-state index contributed by atoms with van der Waals surface area (Å²) in [5.74, 6) is -4.84. The lowest BCUT2D eigenvalue weighted by molar-refractivity contribution is 0.0462. The Kier molecular flexibility index (Phi) is 8.04. The van der Waals surface area contributed by atoms with Gasteiger partial charge in [-0.1, -0.05) is 26.2 Å². The maximum Gasteiger partial charge on any atom is 0.338 e. The van der Waals surface area contributed by atoms with Crippen molar-refractivity contribution in [3.63, 3.8) is 0 Å². The van der Waals surface area contributed by atoms with Gasteiger partial charge in [0.05, 0.1) is 17.7 Å². The van der Waals surface area contributed by atoms with Crippen LogP contribution in [0.3, 0.4) is 0 Å². The third-order valence-electron chi connectivity index (χ3n) is 4.04. The number of benzene rings is 2. The van der Waals surface area contributed by atoms with Crippen LogP contribution >= 0.6 is 0 Å². The first-order chi connectivity index (χ1) is 13.4. The first-order valence-electron chi connectivity index (χ1n) is 9.00. The molecule has 0 bridgehead atoms. The molecule has 2 aromatic carbocycles. The Morgan fingerprint density at radius 3 is 1.96 bits per heavy atom. The van der Waals surface area contributed by atoms with Gasteiger partial charge in [0.1, 0.15) is 12.4 Å². The average molecular weight is 394 g/mol. The van der Waals surface area contributed by atoms with Crippen molar-refractivity contribution in [3.8, 4) is 0 Å². The minimum Gasteiger partial charge on any atom is -0.462 e. The van der Waals surface area contributed by atoms with Crippen molar-refractivity contribution in [1.29, 1.82) is 0 Å². The third-order valence-corrected chi connectivity index (χ3v) is 4.04. The second-order valence-corrected chi connectivity index (χ2v) is 6.21. The fourth-order valence-corrected chi connectivity index (χ4v) is 2.42. The summed E-state index contributed by atoms with van der Waals surface area (Å²) in [4.78, 5) is 23.9. The number of carbonyl (C=O) groups excluding carboxylic acids is 2. The molecular formula is C21H21F3O4. The molecule has 0 amide bonds. The summed E-state index contributed by atoms with van der Waals surface area (Å²) in [6.45, 7) is 1.87. The Morgan fingerprint density at radius 2 is 1.36 bits per heavy atom. The smallest absolute Gasteiger partial charge is 0.338 e. The molecule has 0 aliphatic heterocycles. The molecule has 0 N–H and O–H groups in total. The first kappa shape index (κ1) is 21.5. The zero-order valence-corrected chi connectivity index (χ0v) is 15.5. The highest BCUT2D eigenvalue weighted by atomic mass is 19.2. The van der Waals surface area contributed by atoms with Gasteiger partial charge >= 0.3 is 11.9 Å². The van der Waals surface area contributed by atoms with Crippen molar-refractivity contribution >= 4 is 11.9 Å². The molecule has 0 aliphatic carbocycles. The summed E-state index contributed by atoms with van der Waals surface area (Å²) in [6, 6.07) is 6.61. The van der Waals surface area contributed by atoms with E-state index in [0.29, 0.717) is 24.3 Å². The second-order valence-electron chi connectivity index (χ2n) is 6.21. The highest BCUT2D eigenvalue weighted by Gasteiger charge is 2.14. The fraction of sp³-hybridized carbons (Fsp3) is 0.333. The normalized spacial score (nSPS) is 10.6. The monoisotopic (exact) mass is 394 g/mol. The number of hydrogen-bond acceptors (Lipinski definition) is 4. The summed E-state index contributed by atoms with van der Waals surface area (Å²) in [7, 11) is 0. The number of hydrogen-bond donors (Lipinski definition) is 0. The molecule has 150 valence electrons. The Hall–Kier alpha value is -2.83. The number of ether oxygens (including phenoxy) is 2. The van der Waals surface area contributed by atoms with E-state index in [1.54, 1.807) is 0 Å². The van der Waals surface area contributed by atoms with Crippen molar-refractivity contribution in [1.82, 2.24) is 0 Å². The molecule has 0 unspecified atom stereocenters. The van der Waals surface area contributed by atoms with Crippen LogP contribution in [0.5, 0.6) is 0 Å². The zero-order chi connectivity index (χ0) is 20.5. The van der Waals surface area contributed by atoms with Gasteiger partial charge in [0, 0.05) is 11.6 Å².